The van der Waals surface area contributed by atoms with Gasteiger partial charge in [-0.3, -0.25) is 23.4 Å². The number of aliphatic hydroxyl groups excluding tert-OH is 2. The number of rotatable bonds is 9. The molecule has 6 N–H and O–H groups in total. The molecule has 2 saturated heterocycles. The van der Waals surface area contributed by atoms with Gasteiger partial charge in [0.2, 0.25) is 0 Å². The van der Waals surface area contributed by atoms with Gasteiger partial charge in [0.15, 0.2) is 17.7 Å². The highest BCUT2D eigenvalue weighted by Crippen LogP contribution is 2.49. The molecular formula is C20H26N7O10PS. The third kappa shape index (κ3) is 5.53. The Hall–Kier alpha value is -2.64. The lowest BCUT2D eigenvalue weighted by atomic mass is 10.1. The molecule has 5 heterocycles. The first-order valence-corrected chi connectivity index (χ1v) is 14.2. The Morgan fingerprint density at radius 2 is 2.03 bits per heavy atom. The fraction of sp³-hybridized carbons (Fsp3) is 0.550. The van der Waals surface area contributed by atoms with E-state index in [0.717, 1.165) is 10.6 Å². The van der Waals surface area contributed by atoms with E-state index in [-0.39, 0.29) is 18.8 Å². The summed E-state index contributed by atoms with van der Waals surface area (Å²) in [6, 6.07) is 1.12. The molecule has 8 atom stereocenters. The van der Waals surface area contributed by atoms with E-state index < -0.39 is 67.6 Å². The topological polar surface area (TPSA) is 231 Å². The lowest BCUT2D eigenvalue weighted by molar-refractivity contribution is -0.0625. The van der Waals surface area contributed by atoms with Gasteiger partial charge in [-0.25, -0.2) is 19.7 Å². The Balaban J connectivity index is 1.26. The van der Waals surface area contributed by atoms with Crippen molar-refractivity contribution in [2.45, 2.75) is 49.4 Å². The Morgan fingerprint density at radius 3 is 2.74 bits per heavy atom. The van der Waals surface area contributed by atoms with E-state index in [4.69, 9.17) is 40.8 Å². The Morgan fingerprint density at radius 1 is 1.23 bits per heavy atom. The normalized spacial score (nSPS) is 30.6. The van der Waals surface area contributed by atoms with Crippen LogP contribution in [0, 0.1) is 0 Å². The first-order chi connectivity index (χ1) is 18.6. The number of anilines is 1. The summed E-state index contributed by atoms with van der Waals surface area (Å²) in [6.07, 6.45) is -2.72. The summed E-state index contributed by atoms with van der Waals surface area (Å²) in [5.41, 5.74) is 5.27. The number of aliphatic hydroxyl groups is 2. The minimum Gasteiger partial charge on any atom is -0.394 e. The first kappa shape index (κ1) is 27.9. The second-order valence-corrected chi connectivity index (χ2v) is 11.6. The lowest BCUT2D eigenvalue weighted by Crippen LogP contribution is -2.40. The standard InChI is InChI=1S/C20H26N7O10PS/c1-33-16-15(10(5-28)36-19(16)26-3-2-12(30)25-20(26)31)37-38(32,39)34-6-11-9(29)4-13(35-11)27-8-24-14-17(21)22-7-23-18(14)27/h2-3,7-11,13,15-16,19,28-29H,4-6H2,1H3,(H,32,39)(H2,21,22,23)(H,25,30,31)/t9?,10-,11-,13-,15?,16+,19-,38?/m1/s1. The molecule has 0 aliphatic carbocycles. The van der Waals surface area contributed by atoms with E-state index in [1.807, 2.05) is 0 Å². The van der Waals surface area contributed by atoms with Gasteiger partial charge in [-0.15, -0.1) is 0 Å². The second-order valence-electron chi connectivity index (χ2n) is 8.81. The van der Waals surface area contributed by atoms with Crippen molar-refractivity contribution in [1.82, 2.24) is 29.1 Å². The highest BCUT2D eigenvalue weighted by molar-refractivity contribution is 8.07. The maximum Gasteiger partial charge on any atom is 0.330 e. The molecule has 5 rings (SSSR count). The predicted molar refractivity (Wildman–Crippen MR) is 135 cm³/mol. The molecule has 3 aromatic rings. The van der Waals surface area contributed by atoms with Crippen molar-refractivity contribution in [2.75, 3.05) is 26.1 Å². The summed E-state index contributed by atoms with van der Waals surface area (Å²) in [6.45, 7) is -4.90. The number of nitrogens with one attached hydrogen (secondary N) is 1. The number of imidazole rings is 1. The van der Waals surface area contributed by atoms with Gasteiger partial charge in [-0.2, -0.15) is 0 Å². The van der Waals surface area contributed by atoms with E-state index in [1.165, 1.54) is 26.0 Å². The molecular weight excluding hydrogens is 561 g/mol. The molecule has 3 aromatic heterocycles. The molecule has 0 radical (unpaired) electrons. The number of aromatic amines is 1. The third-order valence-electron chi connectivity index (χ3n) is 6.42. The Labute approximate surface area is 224 Å². The Bertz CT molecular complexity index is 1500. The fourth-order valence-electron chi connectivity index (χ4n) is 4.55. The minimum absolute atomic E-state index is 0.170. The zero-order chi connectivity index (χ0) is 27.9. The van der Waals surface area contributed by atoms with Gasteiger partial charge < -0.3 is 39.6 Å². The van der Waals surface area contributed by atoms with Crippen LogP contribution in [0.25, 0.3) is 11.2 Å². The molecule has 0 amide bonds. The van der Waals surface area contributed by atoms with Crippen LogP contribution in [-0.2, 0) is 35.1 Å². The zero-order valence-corrected chi connectivity index (χ0v) is 22.1. The number of hydrogen-bond acceptors (Lipinski definition) is 14. The van der Waals surface area contributed by atoms with E-state index in [2.05, 4.69) is 19.9 Å². The van der Waals surface area contributed by atoms with Gasteiger partial charge in [0.25, 0.3) is 5.56 Å². The number of fused-ring (bicyclic) bond motifs is 1. The summed E-state index contributed by atoms with van der Waals surface area (Å²) < 4.78 is 30.9. The number of nitrogen functional groups attached to an aromatic ring is 1. The van der Waals surface area contributed by atoms with Crippen LogP contribution in [0.2, 0.25) is 0 Å². The third-order valence-corrected chi connectivity index (χ3v) is 7.98. The zero-order valence-electron chi connectivity index (χ0n) is 20.3. The minimum atomic E-state index is -4.02. The summed E-state index contributed by atoms with van der Waals surface area (Å²) in [5.74, 6) is 0.203. The van der Waals surface area contributed by atoms with E-state index in [9.17, 15) is 24.7 Å². The number of H-pyrrole nitrogens is 1. The van der Waals surface area contributed by atoms with Crippen molar-refractivity contribution in [3.05, 3.63) is 45.8 Å². The predicted octanol–water partition coefficient (Wildman–Crippen LogP) is -1.87. The molecule has 3 unspecified atom stereocenters. The van der Waals surface area contributed by atoms with Gasteiger partial charge in [0.1, 0.15) is 42.5 Å². The number of hydrogen-bond donors (Lipinski definition) is 5. The fourth-order valence-corrected chi connectivity index (χ4v) is 5.99. The second kappa shape index (κ2) is 11.1. The van der Waals surface area contributed by atoms with Crippen molar-refractivity contribution < 1.29 is 38.4 Å². The van der Waals surface area contributed by atoms with E-state index in [0.29, 0.717) is 11.2 Å². The van der Waals surface area contributed by atoms with Crippen molar-refractivity contribution in [3.63, 3.8) is 0 Å². The molecule has 212 valence electrons. The van der Waals surface area contributed by atoms with E-state index >= 15 is 0 Å². The van der Waals surface area contributed by atoms with Crippen LogP contribution in [0.4, 0.5) is 5.82 Å². The van der Waals surface area contributed by atoms with Gasteiger partial charge in [0.05, 0.1) is 25.6 Å². The van der Waals surface area contributed by atoms with Crippen LogP contribution in [0.5, 0.6) is 0 Å². The number of nitrogens with two attached hydrogens (primary N) is 1. The maximum atomic E-state index is 12.3. The molecule has 0 aromatic carbocycles. The molecule has 0 bridgehead atoms. The maximum absolute atomic E-state index is 12.3. The number of ether oxygens (including phenoxy) is 3. The monoisotopic (exact) mass is 587 g/mol. The van der Waals surface area contributed by atoms with Crippen LogP contribution in [-0.4, -0.2) is 95.0 Å². The highest BCUT2D eigenvalue weighted by Gasteiger charge is 2.49. The van der Waals surface area contributed by atoms with Crippen LogP contribution in [0.15, 0.2) is 34.5 Å². The number of nitrogens with zero attached hydrogens (tertiary/aromatic N) is 5. The van der Waals surface area contributed by atoms with Gasteiger partial charge in [0, 0.05) is 25.8 Å². The largest absolute Gasteiger partial charge is 0.394 e. The Kier molecular flexibility index (Phi) is 7.93. The van der Waals surface area contributed by atoms with Crippen LogP contribution in [0.1, 0.15) is 18.9 Å². The van der Waals surface area contributed by atoms with Crippen molar-refractivity contribution >= 4 is 35.5 Å². The number of aromatic nitrogens is 6. The molecule has 2 fully saturated rings. The van der Waals surface area contributed by atoms with E-state index in [1.54, 1.807) is 4.57 Å². The average Bonchev–Trinajstić information content (AvgIpc) is 3.58. The lowest BCUT2D eigenvalue weighted by Gasteiger charge is -2.27. The van der Waals surface area contributed by atoms with Gasteiger partial charge in [-0.05, 0) is 11.8 Å². The van der Waals surface area contributed by atoms with Crippen molar-refractivity contribution in [3.8, 4) is 0 Å². The molecule has 0 saturated carbocycles. The molecule has 2 aliphatic heterocycles. The van der Waals surface area contributed by atoms with Crippen LogP contribution >= 0.6 is 6.72 Å². The van der Waals surface area contributed by atoms with Crippen LogP contribution in [0.3, 0.4) is 0 Å². The summed E-state index contributed by atoms with van der Waals surface area (Å²) in [4.78, 5) is 48.9. The molecule has 0 spiro atoms. The summed E-state index contributed by atoms with van der Waals surface area (Å²) >= 11 is 5.17. The van der Waals surface area contributed by atoms with Crippen molar-refractivity contribution in [2.24, 2.45) is 0 Å². The molecule has 2 aliphatic rings. The SMILES string of the molecule is CO[C@H]1C(OP(O)(=S)OC[C@H]2O[C@@H](n3cnc4c(N)ncnc43)CC2O)[C@@H](CO)O[C@H]1n1ccc(=O)[nH]c1=O. The summed E-state index contributed by atoms with van der Waals surface area (Å²) in [5, 5.41) is 20.4. The highest BCUT2D eigenvalue weighted by atomic mass is 32.5. The quantitative estimate of drug-likeness (QED) is 0.173. The van der Waals surface area contributed by atoms with Gasteiger partial charge in [-0.1, -0.05) is 0 Å². The molecule has 17 nitrogen and oxygen atoms in total. The number of methoxy groups -OCH3 is 1. The van der Waals surface area contributed by atoms with Crippen LogP contribution < -0.4 is 17.0 Å². The smallest absolute Gasteiger partial charge is 0.330 e. The van der Waals surface area contributed by atoms with Crippen molar-refractivity contribution in [1.29, 1.82) is 0 Å². The molecule has 39 heavy (non-hydrogen) atoms. The average molecular weight is 588 g/mol. The van der Waals surface area contributed by atoms with Gasteiger partial charge >= 0.3 is 12.4 Å². The summed E-state index contributed by atoms with van der Waals surface area (Å²) in [7, 11) is 1.32. The molecule has 19 heteroatoms. The first-order valence-electron chi connectivity index (χ1n) is 11.6.